The Morgan fingerprint density at radius 3 is 2.85 bits per heavy atom. The Kier molecular flexibility index (Phi) is 5.40. The van der Waals surface area contributed by atoms with Gasteiger partial charge in [-0.1, -0.05) is 12.1 Å². The van der Waals surface area contributed by atoms with E-state index in [1.54, 1.807) is 29.4 Å². The van der Waals surface area contributed by atoms with Gasteiger partial charge in [-0.2, -0.15) is 5.26 Å². The Labute approximate surface area is 194 Å². The van der Waals surface area contributed by atoms with Gasteiger partial charge in [-0.3, -0.25) is 14.5 Å². The number of nitrogens with one attached hydrogen (secondary N) is 1. The monoisotopic (exact) mass is 458 g/mol. The lowest BCUT2D eigenvalue weighted by molar-refractivity contribution is 0.102. The molecular formula is C23H22N8OS. The highest BCUT2D eigenvalue weighted by molar-refractivity contribution is 7.15. The number of likely N-dealkylation sites (tertiary alicyclic amines) is 1. The lowest BCUT2D eigenvalue weighted by atomic mass is 9.98. The summed E-state index contributed by atoms with van der Waals surface area (Å²) in [5, 5.41) is 12.7. The van der Waals surface area contributed by atoms with E-state index in [0.717, 1.165) is 41.2 Å². The fourth-order valence-corrected chi connectivity index (χ4v) is 4.88. The minimum atomic E-state index is -0.216. The smallest absolute Gasteiger partial charge is 0.257 e. The molecule has 0 spiro atoms. The van der Waals surface area contributed by atoms with Crippen molar-refractivity contribution in [1.29, 1.82) is 5.26 Å². The molecule has 0 radical (unpaired) electrons. The third-order valence-electron chi connectivity index (χ3n) is 5.80. The number of rotatable bonds is 4. The summed E-state index contributed by atoms with van der Waals surface area (Å²) in [5.74, 6) is 1.16. The molecule has 1 amide bonds. The number of carbonyl (C=O) groups is 1. The normalized spacial score (nSPS) is 16.0. The summed E-state index contributed by atoms with van der Waals surface area (Å²) in [6.07, 6.45) is 9.40. The maximum Gasteiger partial charge on any atom is 0.257 e. The number of imidazole rings is 1. The standard InChI is InChI=1S/C23H22N8OS/c1-14-11-27-23(33-14)29-22(32)16-6-4-15(5-7-16)18-19-20(25)26-8-10-31(19)21(28-18)17-3-2-9-30(12-17)13-24/h4-8,10-11,17H,2-3,9,12H2,1H3,(H2,25,26)(H,27,29,32). The Balaban J connectivity index is 1.48. The zero-order chi connectivity index (χ0) is 22.9. The molecule has 166 valence electrons. The van der Waals surface area contributed by atoms with Gasteiger partial charge >= 0.3 is 0 Å². The van der Waals surface area contributed by atoms with Gasteiger partial charge in [0.15, 0.2) is 11.3 Å². The van der Waals surface area contributed by atoms with E-state index in [0.29, 0.717) is 28.8 Å². The quantitative estimate of drug-likeness (QED) is 0.447. The number of thiazole rings is 1. The van der Waals surface area contributed by atoms with Gasteiger partial charge in [-0.05, 0) is 31.9 Å². The van der Waals surface area contributed by atoms with Crippen LogP contribution in [0.4, 0.5) is 10.9 Å². The van der Waals surface area contributed by atoms with Crippen molar-refractivity contribution in [2.75, 3.05) is 24.1 Å². The fourth-order valence-electron chi connectivity index (χ4n) is 4.22. The first-order valence-corrected chi connectivity index (χ1v) is 11.5. The van der Waals surface area contributed by atoms with Crippen molar-refractivity contribution in [2.45, 2.75) is 25.7 Å². The van der Waals surface area contributed by atoms with E-state index in [1.807, 2.05) is 29.7 Å². The lowest BCUT2D eigenvalue weighted by Crippen LogP contribution is -2.31. The van der Waals surface area contributed by atoms with E-state index in [2.05, 4.69) is 21.5 Å². The molecule has 3 aromatic heterocycles. The molecule has 1 atom stereocenters. The van der Waals surface area contributed by atoms with Crippen LogP contribution in [-0.2, 0) is 0 Å². The van der Waals surface area contributed by atoms with Crippen molar-refractivity contribution in [3.63, 3.8) is 0 Å². The van der Waals surface area contributed by atoms with Crippen LogP contribution < -0.4 is 11.1 Å². The van der Waals surface area contributed by atoms with Crippen molar-refractivity contribution in [2.24, 2.45) is 0 Å². The lowest BCUT2D eigenvalue weighted by Gasteiger charge is -2.27. The van der Waals surface area contributed by atoms with Gasteiger partial charge in [0.2, 0.25) is 0 Å². The molecule has 3 N–H and O–H groups in total. The number of aromatic nitrogens is 4. The third kappa shape index (κ3) is 3.99. The number of aryl methyl sites for hydroxylation is 1. The maximum absolute atomic E-state index is 12.6. The Hall–Kier alpha value is -3.97. The fraction of sp³-hybridized carbons (Fsp3) is 0.261. The molecule has 1 unspecified atom stereocenters. The molecule has 1 aliphatic heterocycles. The maximum atomic E-state index is 12.6. The van der Waals surface area contributed by atoms with Crippen LogP contribution in [0.3, 0.4) is 0 Å². The molecule has 33 heavy (non-hydrogen) atoms. The predicted octanol–water partition coefficient (Wildman–Crippen LogP) is 3.66. The second-order valence-corrected chi connectivity index (χ2v) is 9.28. The number of hydrogen-bond acceptors (Lipinski definition) is 8. The topological polar surface area (TPSA) is 125 Å². The van der Waals surface area contributed by atoms with Gasteiger partial charge < -0.3 is 10.6 Å². The number of fused-ring (bicyclic) bond motifs is 1. The average Bonchev–Trinajstić information content (AvgIpc) is 3.43. The van der Waals surface area contributed by atoms with Crippen molar-refractivity contribution in [3.8, 4) is 17.5 Å². The summed E-state index contributed by atoms with van der Waals surface area (Å²) in [5.41, 5.74) is 9.07. The van der Waals surface area contributed by atoms with Crippen LogP contribution in [0.5, 0.6) is 0 Å². The van der Waals surface area contributed by atoms with Crippen molar-refractivity contribution in [3.05, 3.63) is 59.1 Å². The first-order chi connectivity index (χ1) is 16.0. The number of anilines is 2. The first-order valence-electron chi connectivity index (χ1n) is 10.6. The molecule has 5 rings (SSSR count). The zero-order valence-electron chi connectivity index (χ0n) is 18.0. The van der Waals surface area contributed by atoms with E-state index in [-0.39, 0.29) is 11.8 Å². The molecule has 4 heterocycles. The minimum Gasteiger partial charge on any atom is -0.382 e. The summed E-state index contributed by atoms with van der Waals surface area (Å²) < 4.78 is 1.98. The molecule has 1 saturated heterocycles. The summed E-state index contributed by atoms with van der Waals surface area (Å²) in [6.45, 7) is 3.35. The van der Waals surface area contributed by atoms with Gasteiger partial charge in [0, 0.05) is 53.6 Å². The van der Waals surface area contributed by atoms with E-state index in [1.165, 1.54) is 11.3 Å². The van der Waals surface area contributed by atoms with Gasteiger partial charge in [0.05, 0.1) is 0 Å². The van der Waals surface area contributed by atoms with E-state index < -0.39 is 0 Å². The first kappa shape index (κ1) is 20.9. The van der Waals surface area contributed by atoms with Crippen molar-refractivity contribution in [1.82, 2.24) is 24.3 Å². The van der Waals surface area contributed by atoms with Crippen LogP contribution in [0.25, 0.3) is 16.8 Å². The second kappa shape index (κ2) is 8.52. The molecule has 1 aromatic carbocycles. The Bertz CT molecular complexity index is 1370. The minimum absolute atomic E-state index is 0.119. The molecule has 0 saturated carbocycles. The van der Waals surface area contributed by atoms with Gasteiger partial charge in [-0.15, -0.1) is 11.3 Å². The molecule has 9 nitrogen and oxygen atoms in total. The van der Waals surface area contributed by atoms with E-state index in [4.69, 9.17) is 10.7 Å². The number of hydrogen-bond donors (Lipinski definition) is 2. The van der Waals surface area contributed by atoms with Crippen LogP contribution in [0.1, 0.15) is 39.8 Å². The van der Waals surface area contributed by atoms with Crippen LogP contribution in [-0.4, -0.2) is 43.2 Å². The van der Waals surface area contributed by atoms with Crippen molar-refractivity contribution < 1.29 is 4.79 Å². The molecule has 4 aromatic rings. The number of nitrogens with zero attached hydrogens (tertiary/aromatic N) is 6. The number of amides is 1. The predicted molar refractivity (Wildman–Crippen MR) is 127 cm³/mol. The van der Waals surface area contributed by atoms with Gasteiger partial charge in [-0.25, -0.2) is 15.0 Å². The Morgan fingerprint density at radius 2 is 2.12 bits per heavy atom. The van der Waals surface area contributed by atoms with Gasteiger partial charge in [0.25, 0.3) is 5.91 Å². The molecule has 1 aliphatic rings. The van der Waals surface area contributed by atoms with Crippen LogP contribution in [0.2, 0.25) is 0 Å². The van der Waals surface area contributed by atoms with Crippen molar-refractivity contribution >= 4 is 33.7 Å². The molecule has 1 fully saturated rings. The zero-order valence-corrected chi connectivity index (χ0v) is 18.8. The number of carbonyl (C=O) groups excluding carboxylic acids is 1. The van der Waals surface area contributed by atoms with Gasteiger partial charge in [0.1, 0.15) is 22.9 Å². The molecular weight excluding hydrogens is 436 g/mol. The highest BCUT2D eigenvalue weighted by Crippen LogP contribution is 2.33. The highest BCUT2D eigenvalue weighted by Gasteiger charge is 2.27. The van der Waals surface area contributed by atoms with E-state index >= 15 is 0 Å². The van der Waals surface area contributed by atoms with E-state index in [9.17, 15) is 10.1 Å². The third-order valence-corrected chi connectivity index (χ3v) is 6.63. The number of nitriles is 1. The summed E-state index contributed by atoms with van der Waals surface area (Å²) in [6, 6.07) is 7.26. The number of benzene rings is 1. The summed E-state index contributed by atoms with van der Waals surface area (Å²) in [7, 11) is 0. The van der Waals surface area contributed by atoms with Crippen LogP contribution in [0, 0.1) is 18.4 Å². The largest absolute Gasteiger partial charge is 0.382 e. The number of nitrogens with two attached hydrogens (primary N) is 1. The SMILES string of the molecule is Cc1cnc(NC(=O)c2ccc(-c3nc(C4CCCN(C#N)C4)n4ccnc(N)c34)cc2)s1. The average molecular weight is 459 g/mol. The summed E-state index contributed by atoms with van der Waals surface area (Å²) >= 11 is 1.43. The molecule has 10 heteroatoms. The molecule has 0 bridgehead atoms. The molecule has 0 aliphatic carbocycles. The second-order valence-electron chi connectivity index (χ2n) is 8.04. The Morgan fingerprint density at radius 1 is 1.30 bits per heavy atom. The number of nitrogen functional groups attached to an aromatic ring is 1. The van der Waals surface area contributed by atoms with Crippen LogP contribution >= 0.6 is 11.3 Å². The number of piperidine rings is 1. The van der Waals surface area contributed by atoms with Crippen LogP contribution in [0.15, 0.2) is 42.9 Å². The highest BCUT2D eigenvalue weighted by atomic mass is 32.1. The summed E-state index contributed by atoms with van der Waals surface area (Å²) in [4.78, 5) is 28.8.